The molecular weight excluding hydrogens is 304 g/mol. The van der Waals surface area contributed by atoms with Crippen molar-refractivity contribution in [2.45, 2.75) is 71.2 Å². The normalized spacial score (nSPS) is 14.8. The van der Waals surface area contributed by atoms with Crippen LogP contribution < -0.4 is 10.6 Å². The molecule has 24 heavy (non-hydrogen) atoms. The van der Waals surface area contributed by atoms with E-state index in [9.17, 15) is 9.90 Å². The fourth-order valence-electron chi connectivity index (χ4n) is 2.16. The second-order valence-corrected chi connectivity index (χ2v) is 8.14. The average Bonchev–Trinajstić information content (AvgIpc) is 2.42. The van der Waals surface area contributed by atoms with Crippen LogP contribution in [0, 0.1) is 0 Å². The van der Waals surface area contributed by atoms with Gasteiger partial charge in [-0.2, -0.15) is 0 Å². The van der Waals surface area contributed by atoms with Gasteiger partial charge in [-0.25, -0.2) is 4.79 Å². The molecule has 3 N–H and O–H groups in total. The number of ether oxygens (including phenoxy) is 1. The van der Waals surface area contributed by atoms with E-state index in [1.165, 1.54) is 0 Å². The summed E-state index contributed by atoms with van der Waals surface area (Å²) in [7, 11) is 0. The number of aliphatic hydroxyl groups is 1. The van der Waals surface area contributed by atoms with Crippen molar-refractivity contribution in [1.29, 1.82) is 0 Å². The summed E-state index contributed by atoms with van der Waals surface area (Å²) >= 11 is 0. The third-order valence-corrected chi connectivity index (χ3v) is 3.31. The maximum atomic E-state index is 12.1. The molecule has 0 radical (unpaired) electrons. The zero-order valence-corrected chi connectivity index (χ0v) is 15.7. The second kappa shape index (κ2) is 8.49. The van der Waals surface area contributed by atoms with Gasteiger partial charge in [0.25, 0.3) is 0 Å². The monoisotopic (exact) mass is 336 g/mol. The Morgan fingerprint density at radius 1 is 1.12 bits per heavy atom. The number of β-amino-alcohol motifs (C(OH)–C–C–N with tert-alkyl or cyclic N) is 1. The molecule has 0 spiro atoms. The van der Waals surface area contributed by atoms with Crippen molar-refractivity contribution in [1.82, 2.24) is 10.6 Å². The number of hydrogen-bond donors (Lipinski definition) is 3. The van der Waals surface area contributed by atoms with Crippen LogP contribution in [0.1, 0.15) is 47.1 Å². The molecule has 0 aliphatic carbocycles. The highest BCUT2D eigenvalue weighted by atomic mass is 16.6. The molecule has 0 saturated carbocycles. The molecule has 0 fully saturated rings. The van der Waals surface area contributed by atoms with Crippen LogP contribution in [0.5, 0.6) is 0 Å². The third kappa shape index (κ3) is 8.89. The van der Waals surface area contributed by atoms with Crippen LogP contribution in [0.4, 0.5) is 4.79 Å². The standard InChI is InChI=1S/C19H32N2O3/c1-18(2,3)20-13-16(22)15(12-14-10-8-7-9-11-14)21-17(23)24-19(4,5)6/h7-11,15-16,20,22H,12-13H2,1-6H3,(H,21,23)/t15-,16-/m0/s1. The molecule has 2 atom stereocenters. The van der Waals surface area contributed by atoms with Gasteiger partial charge >= 0.3 is 6.09 Å². The number of hydrogen-bond acceptors (Lipinski definition) is 4. The van der Waals surface area contributed by atoms with Crippen LogP contribution in [0.2, 0.25) is 0 Å². The maximum absolute atomic E-state index is 12.1. The molecule has 1 rings (SSSR count). The molecule has 5 nitrogen and oxygen atoms in total. The molecule has 0 aromatic heterocycles. The minimum Gasteiger partial charge on any atom is -0.444 e. The first-order chi connectivity index (χ1) is 11.0. The van der Waals surface area contributed by atoms with Crippen molar-refractivity contribution in [2.24, 2.45) is 0 Å². The fraction of sp³-hybridized carbons (Fsp3) is 0.632. The van der Waals surface area contributed by atoms with Gasteiger partial charge in [0.1, 0.15) is 5.60 Å². The molecular formula is C19H32N2O3. The zero-order chi connectivity index (χ0) is 18.4. The van der Waals surface area contributed by atoms with Crippen molar-refractivity contribution in [3.8, 4) is 0 Å². The number of rotatable bonds is 6. The molecule has 1 amide bonds. The van der Waals surface area contributed by atoms with E-state index in [0.717, 1.165) is 5.56 Å². The first-order valence-electron chi connectivity index (χ1n) is 8.43. The number of alkyl carbamates (subject to hydrolysis) is 1. The molecule has 5 heteroatoms. The Hall–Kier alpha value is -1.59. The molecule has 0 aliphatic rings. The summed E-state index contributed by atoms with van der Waals surface area (Å²) in [6, 6.07) is 9.36. The molecule has 0 heterocycles. The highest BCUT2D eigenvalue weighted by molar-refractivity contribution is 5.68. The van der Waals surface area contributed by atoms with Gasteiger partial charge in [0, 0.05) is 12.1 Å². The van der Waals surface area contributed by atoms with Gasteiger partial charge in [-0.15, -0.1) is 0 Å². The van der Waals surface area contributed by atoms with Gasteiger partial charge in [0.05, 0.1) is 12.1 Å². The summed E-state index contributed by atoms with van der Waals surface area (Å²) in [6.07, 6.45) is -0.706. The molecule has 136 valence electrons. The van der Waals surface area contributed by atoms with E-state index in [4.69, 9.17) is 4.74 Å². The van der Waals surface area contributed by atoms with Crippen molar-refractivity contribution in [2.75, 3.05) is 6.54 Å². The summed E-state index contributed by atoms with van der Waals surface area (Å²) in [4.78, 5) is 12.1. The summed E-state index contributed by atoms with van der Waals surface area (Å²) < 4.78 is 5.32. The fourth-order valence-corrected chi connectivity index (χ4v) is 2.16. The van der Waals surface area contributed by atoms with Crippen LogP contribution in [0.3, 0.4) is 0 Å². The smallest absolute Gasteiger partial charge is 0.407 e. The lowest BCUT2D eigenvalue weighted by molar-refractivity contribution is 0.0417. The lowest BCUT2D eigenvalue weighted by Gasteiger charge is -2.29. The SMILES string of the molecule is CC(C)(C)NC[C@H](O)[C@H](Cc1ccccc1)NC(=O)OC(C)(C)C. The maximum Gasteiger partial charge on any atom is 0.407 e. The number of amides is 1. The molecule has 0 saturated heterocycles. The molecule has 0 aliphatic heterocycles. The van der Waals surface area contributed by atoms with Crippen LogP contribution in [-0.4, -0.2) is 41.0 Å². The van der Waals surface area contributed by atoms with E-state index in [1.807, 2.05) is 71.9 Å². The Morgan fingerprint density at radius 3 is 2.21 bits per heavy atom. The third-order valence-electron chi connectivity index (χ3n) is 3.31. The van der Waals surface area contributed by atoms with Crippen molar-refractivity contribution >= 4 is 6.09 Å². The van der Waals surface area contributed by atoms with E-state index < -0.39 is 23.8 Å². The summed E-state index contributed by atoms with van der Waals surface area (Å²) in [5.41, 5.74) is 0.369. The minimum absolute atomic E-state index is 0.107. The largest absolute Gasteiger partial charge is 0.444 e. The lowest BCUT2D eigenvalue weighted by atomic mass is 10.00. The molecule has 1 aromatic rings. The quantitative estimate of drug-likeness (QED) is 0.747. The lowest BCUT2D eigenvalue weighted by Crippen LogP contribution is -2.52. The van der Waals surface area contributed by atoms with Crippen molar-refractivity contribution < 1.29 is 14.6 Å². The van der Waals surface area contributed by atoms with Gasteiger partial charge in [-0.05, 0) is 53.5 Å². The van der Waals surface area contributed by atoms with E-state index in [1.54, 1.807) is 0 Å². The van der Waals surface area contributed by atoms with Crippen LogP contribution in [-0.2, 0) is 11.2 Å². The Kier molecular flexibility index (Phi) is 7.24. The van der Waals surface area contributed by atoms with Crippen LogP contribution in [0.15, 0.2) is 30.3 Å². The summed E-state index contributed by atoms with van der Waals surface area (Å²) in [6.45, 7) is 11.9. The average molecular weight is 336 g/mol. The highest BCUT2D eigenvalue weighted by Crippen LogP contribution is 2.11. The van der Waals surface area contributed by atoms with E-state index in [0.29, 0.717) is 13.0 Å². The number of nitrogens with one attached hydrogen (secondary N) is 2. The predicted molar refractivity (Wildman–Crippen MR) is 97.1 cm³/mol. The van der Waals surface area contributed by atoms with Crippen LogP contribution in [0.25, 0.3) is 0 Å². The van der Waals surface area contributed by atoms with Gasteiger partial charge < -0.3 is 20.5 Å². The van der Waals surface area contributed by atoms with E-state index >= 15 is 0 Å². The van der Waals surface area contributed by atoms with Gasteiger partial charge in [-0.3, -0.25) is 0 Å². The molecule has 0 bridgehead atoms. The van der Waals surface area contributed by atoms with E-state index in [2.05, 4.69) is 10.6 Å². The minimum atomic E-state index is -0.725. The number of carbonyl (C=O) groups is 1. The van der Waals surface area contributed by atoms with Gasteiger partial charge in [0.15, 0.2) is 0 Å². The zero-order valence-electron chi connectivity index (χ0n) is 15.7. The Morgan fingerprint density at radius 2 is 1.71 bits per heavy atom. The molecule has 1 aromatic carbocycles. The second-order valence-electron chi connectivity index (χ2n) is 8.14. The summed E-state index contributed by atoms with van der Waals surface area (Å²) in [5.74, 6) is 0. The van der Waals surface area contributed by atoms with Gasteiger partial charge in [0.2, 0.25) is 0 Å². The Labute approximate surface area is 145 Å². The van der Waals surface area contributed by atoms with Gasteiger partial charge in [-0.1, -0.05) is 30.3 Å². The van der Waals surface area contributed by atoms with Crippen molar-refractivity contribution in [3.05, 3.63) is 35.9 Å². The highest BCUT2D eigenvalue weighted by Gasteiger charge is 2.25. The molecule has 0 unspecified atom stereocenters. The van der Waals surface area contributed by atoms with Crippen LogP contribution >= 0.6 is 0 Å². The first-order valence-corrected chi connectivity index (χ1v) is 8.43. The Balaban J connectivity index is 2.76. The number of carbonyl (C=O) groups excluding carboxylic acids is 1. The number of aliphatic hydroxyl groups excluding tert-OH is 1. The Bertz CT molecular complexity index is 504. The van der Waals surface area contributed by atoms with E-state index in [-0.39, 0.29) is 5.54 Å². The topological polar surface area (TPSA) is 70.6 Å². The van der Waals surface area contributed by atoms with Crippen molar-refractivity contribution in [3.63, 3.8) is 0 Å². The number of benzene rings is 1. The predicted octanol–water partition coefficient (Wildman–Crippen LogP) is 2.87. The summed E-state index contributed by atoms with van der Waals surface area (Å²) in [5, 5.41) is 16.6. The first kappa shape index (κ1) is 20.5.